The number of carbonyl (C=O) groups excluding carboxylic acids is 3. The second kappa shape index (κ2) is 68.1. The molecular formula is C75H124O6. The van der Waals surface area contributed by atoms with Crippen molar-refractivity contribution in [1.82, 2.24) is 0 Å². The number of hydrogen-bond donors (Lipinski definition) is 0. The highest BCUT2D eigenvalue weighted by Gasteiger charge is 2.19. The first-order valence-electron chi connectivity index (χ1n) is 33.7. The first-order valence-corrected chi connectivity index (χ1v) is 33.7. The first kappa shape index (κ1) is 76.5. The molecule has 0 aliphatic heterocycles. The van der Waals surface area contributed by atoms with E-state index in [9.17, 15) is 14.4 Å². The number of hydrogen-bond acceptors (Lipinski definition) is 6. The highest BCUT2D eigenvalue weighted by atomic mass is 16.6. The quantitative estimate of drug-likeness (QED) is 0.0261. The van der Waals surface area contributed by atoms with Crippen molar-refractivity contribution in [2.75, 3.05) is 13.2 Å². The van der Waals surface area contributed by atoms with Crippen molar-refractivity contribution < 1.29 is 28.6 Å². The third-order valence-corrected chi connectivity index (χ3v) is 14.1. The Labute approximate surface area is 500 Å². The molecule has 0 aliphatic carbocycles. The number of allylic oxidation sites excluding steroid dienone is 22. The van der Waals surface area contributed by atoms with Crippen LogP contribution in [-0.2, 0) is 28.6 Å². The number of ether oxygens (including phenoxy) is 3. The standard InChI is InChI=1S/C75H124O6/c1-4-7-10-13-16-19-22-25-28-31-34-36-37-39-41-44-47-50-53-56-59-62-65-68-74(77)80-71-72(70-79-73(76)67-64-61-58-55-52-49-46-43-40-33-30-27-24-21-18-15-12-9-6-3)81-75(78)69-66-63-60-57-54-51-48-45-42-38-35-32-29-26-23-20-17-14-11-8-5-2/h7,10,16,19,23,25-28,30,32,34-36,39,41-42,45,47,50,56,59,72H,4-6,8-9,11-15,17-18,20-22,24,29,31,33,37-38,40,43-44,46,48-49,51-55,57-58,60-71H2,1-3H3/b10-7-,19-16-,26-23-,28-25-,30-27-,35-32-,36-34-,41-39-,45-42-,50-47-,59-56-. The van der Waals surface area contributed by atoms with E-state index in [0.717, 1.165) is 116 Å². The molecule has 0 amide bonds. The zero-order valence-electron chi connectivity index (χ0n) is 52.8. The summed E-state index contributed by atoms with van der Waals surface area (Å²) < 4.78 is 16.9. The van der Waals surface area contributed by atoms with Gasteiger partial charge in [-0.2, -0.15) is 0 Å². The zero-order valence-corrected chi connectivity index (χ0v) is 52.8. The third-order valence-electron chi connectivity index (χ3n) is 14.1. The molecule has 6 nitrogen and oxygen atoms in total. The summed E-state index contributed by atoms with van der Waals surface area (Å²) in [5.74, 6) is -0.977. The van der Waals surface area contributed by atoms with E-state index >= 15 is 0 Å². The van der Waals surface area contributed by atoms with Gasteiger partial charge in [0.25, 0.3) is 0 Å². The van der Waals surface area contributed by atoms with Gasteiger partial charge in [0, 0.05) is 19.3 Å². The molecule has 0 bridgehead atoms. The average molecular weight is 1120 g/mol. The maximum atomic E-state index is 12.9. The highest BCUT2D eigenvalue weighted by Crippen LogP contribution is 2.15. The van der Waals surface area contributed by atoms with Crippen molar-refractivity contribution in [3.8, 4) is 0 Å². The first-order chi connectivity index (χ1) is 40.0. The van der Waals surface area contributed by atoms with Crippen LogP contribution < -0.4 is 0 Å². The Morgan fingerprint density at radius 3 is 0.815 bits per heavy atom. The molecule has 0 heterocycles. The second-order valence-electron chi connectivity index (χ2n) is 22.0. The van der Waals surface area contributed by atoms with Gasteiger partial charge in [-0.3, -0.25) is 14.4 Å². The van der Waals surface area contributed by atoms with E-state index in [1.165, 1.54) is 141 Å². The average Bonchev–Trinajstić information content (AvgIpc) is 3.47. The molecule has 0 aromatic heterocycles. The van der Waals surface area contributed by atoms with Crippen LogP contribution in [0.25, 0.3) is 0 Å². The van der Waals surface area contributed by atoms with E-state index in [-0.39, 0.29) is 37.5 Å². The van der Waals surface area contributed by atoms with Crippen LogP contribution in [-0.4, -0.2) is 37.2 Å². The van der Waals surface area contributed by atoms with Gasteiger partial charge in [-0.15, -0.1) is 0 Å². The van der Waals surface area contributed by atoms with Crippen LogP contribution in [0.4, 0.5) is 0 Å². The normalized spacial score (nSPS) is 13.0. The fourth-order valence-corrected chi connectivity index (χ4v) is 9.08. The van der Waals surface area contributed by atoms with Crippen molar-refractivity contribution in [3.05, 3.63) is 134 Å². The Balaban J connectivity index is 4.53. The summed E-state index contributed by atoms with van der Waals surface area (Å²) in [6.45, 7) is 6.47. The van der Waals surface area contributed by atoms with Crippen molar-refractivity contribution in [3.63, 3.8) is 0 Å². The summed E-state index contributed by atoms with van der Waals surface area (Å²) in [4.78, 5) is 38.4. The molecular weight excluding hydrogens is 997 g/mol. The van der Waals surface area contributed by atoms with Gasteiger partial charge in [-0.05, 0) is 135 Å². The van der Waals surface area contributed by atoms with E-state index in [1.54, 1.807) is 0 Å². The monoisotopic (exact) mass is 1120 g/mol. The number of unbranched alkanes of at least 4 members (excludes halogenated alkanes) is 27. The minimum absolute atomic E-state index is 0.106. The Bertz CT molecular complexity index is 1720. The lowest BCUT2D eigenvalue weighted by Crippen LogP contribution is -2.30. The van der Waals surface area contributed by atoms with Crippen LogP contribution in [0, 0.1) is 0 Å². The van der Waals surface area contributed by atoms with Gasteiger partial charge >= 0.3 is 17.9 Å². The predicted octanol–water partition coefficient (Wildman–Crippen LogP) is 23.3. The van der Waals surface area contributed by atoms with Crippen molar-refractivity contribution >= 4 is 17.9 Å². The van der Waals surface area contributed by atoms with Crippen molar-refractivity contribution in [2.24, 2.45) is 0 Å². The van der Waals surface area contributed by atoms with E-state index in [2.05, 4.69) is 154 Å². The van der Waals surface area contributed by atoms with Crippen molar-refractivity contribution in [1.29, 1.82) is 0 Å². The summed E-state index contributed by atoms with van der Waals surface area (Å²) in [5, 5.41) is 0. The maximum absolute atomic E-state index is 12.9. The molecule has 1 unspecified atom stereocenters. The van der Waals surface area contributed by atoms with Gasteiger partial charge in [0.15, 0.2) is 6.10 Å². The fourth-order valence-electron chi connectivity index (χ4n) is 9.08. The molecule has 0 rings (SSSR count). The molecule has 0 aromatic rings. The topological polar surface area (TPSA) is 78.9 Å². The summed E-state index contributed by atoms with van der Waals surface area (Å²) in [6, 6.07) is 0. The predicted molar refractivity (Wildman–Crippen MR) is 353 cm³/mol. The molecule has 0 aliphatic rings. The van der Waals surface area contributed by atoms with Gasteiger partial charge < -0.3 is 14.2 Å². The molecule has 460 valence electrons. The van der Waals surface area contributed by atoms with E-state index in [0.29, 0.717) is 19.3 Å². The van der Waals surface area contributed by atoms with Crippen LogP contribution in [0.1, 0.15) is 303 Å². The SMILES string of the molecule is CC/C=C\C/C=C\C/C=C\C/C=C\C/C=C\C/C=C\C/C=C\CCCC(=O)OCC(COC(=O)CCCCCCCCCCC/C=C\CCCCCCCC)OC(=O)CCCCCCCC/C=C\C/C=C\C/C=C\CCCCCCC. The lowest BCUT2D eigenvalue weighted by molar-refractivity contribution is -0.167. The summed E-state index contributed by atoms with van der Waals surface area (Å²) in [5.41, 5.74) is 0. The second-order valence-corrected chi connectivity index (χ2v) is 22.0. The number of esters is 3. The molecule has 0 N–H and O–H groups in total. The zero-order chi connectivity index (χ0) is 58.5. The van der Waals surface area contributed by atoms with Crippen LogP contribution >= 0.6 is 0 Å². The summed E-state index contributed by atoms with van der Waals surface area (Å²) in [7, 11) is 0. The molecule has 81 heavy (non-hydrogen) atoms. The number of carbonyl (C=O) groups is 3. The molecule has 0 radical (unpaired) electrons. The fraction of sp³-hybridized carbons (Fsp3) is 0.667. The smallest absolute Gasteiger partial charge is 0.306 e. The Morgan fingerprint density at radius 1 is 0.259 bits per heavy atom. The van der Waals surface area contributed by atoms with Gasteiger partial charge in [0.05, 0.1) is 0 Å². The van der Waals surface area contributed by atoms with E-state index in [4.69, 9.17) is 14.2 Å². The van der Waals surface area contributed by atoms with Crippen LogP contribution in [0.5, 0.6) is 0 Å². The van der Waals surface area contributed by atoms with E-state index < -0.39 is 6.10 Å². The van der Waals surface area contributed by atoms with Gasteiger partial charge in [-0.25, -0.2) is 0 Å². The maximum Gasteiger partial charge on any atom is 0.306 e. The minimum atomic E-state index is -0.817. The molecule has 0 spiro atoms. The third kappa shape index (κ3) is 66.2. The highest BCUT2D eigenvalue weighted by molar-refractivity contribution is 5.71. The van der Waals surface area contributed by atoms with Gasteiger partial charge in [-0.1, -0.05) is 283 Å². The Morgan fingerprint density at radius 2 is 0.494 bits per heavy atom. The van der Waals surface area contributed by atoms with Gasteiger partial charge in [0.1, 0.15) is 13.2 Å². The lowest BCUT2D eigenvalue weighted by Gasteiger charge is -2.18. The Kier molecular flexibility index (Phi) is 64.3. The van der Waals surface area contributed by atoms with Crippen LogP contribution in [0.3, 0.4) is 0 Å². The summed E-state index contributed by atoms with van der Waals surface area (Å²) in [6.07, 6.45) is 96.0. The Hall–Kier alpha value is -4.45. The number of rotatable bonds is 60. The lowest BCUT2D eigenvalue weighted by atomic mass is 10.1. The molecule has 0 saturated carbocycles. The molecule has 1 atom stereocenters. The molecule has 6 heteroatoms. The molecule has 0 saturated heterocycles. The van der Waals surface area contributed by atoms with E-state index in [1.807, 2.05) is 0 Å². The van der Waals surface area contributed by atoms with Gasteiger partial charge in [0.2, 0.25) is 0 Å². The van der Waals surface area contributed by atoms with Crippen molar-refractivity contribution in [2.45, 2.75) is 309 Å². The minimum Gasteiger partial charge on any atom is -0.462 e. The summed E-state index contributed by atoms with van der Waals surface area (Å²) >= 11 is 0. The largest absolute Gasteiger partial charge is 0.462 e. The molecule has 0 aromatic carbocycles. The molecule has 0 fully saturated rings. The van der Waals surface area contributed by atoms with Crippen LogP contribution in [0.2, 0.25) is 0 Å². The van der Waals surface area contributed by atoms with Crippen LogP contribution in [0.15, 0.2) is 134 Å².